The second-order valence-electron chi connectivity index (χ2n) is 3.03. The molecule has 14 heavy (non-hydrogen) atoms. The van der Waals surface area contributed by atoms with E-state index in [4.69, 9.17) is 10.00 Å². The summed E-state index contributed by atoms with van der Waals surface area (Å²) in [5.74, 6) is -0.980. The first-order valence-electron chi connectivity index (χ1n) is 4.97. The summed E-state index contributed by atoms with van der Waals surface area (Å²) in [7, 11) is 1.88. The van der Waals surface area contributed by atoms with E-state index < -0.39 is 5.92 Å². The van der Waals surface area contributed by atoms with E-state index in [-0.39, 0.29) is 5.97 Å². The van der Waals surface area contributed by atoms with E-state index in [1.807, 2.05) is 13.1 Å². The van der Waals surface area contributed by atoms with E-state index in [1.54, 1.807) is 6.92 Å². The molecule has 0 aromatic heterocycles. The van der Waals surface area contributed by atoms with Gasteiger partial charge in [-0.25, -0.2) is 0 Å². The van der Waals surface area contributed by atoms with Crippen molar-refractivity contribution in [3.8, 4) is 6.07 Å². The quantitative estimate of drug-likeness (QED) is 0.491. The maximum Gasteiger partial charge on any atom is 0.323 e. The number of rotatable bonds is 7. The minimum atomic E-state index is -0.591. The number of unbranched alkanes of at least 4 members (excludes halogenated alkanes) is 1. The van der Waals surface area contributed by atoms with E-state index in [0.717, 1.165) is 19.4 Å². The van der Waals surface area contributed by atoms with Crippen LogP contribution < -0.4 is 5.32 Å². The molecular formula is C10H18N2O2. The van der Waals surface area contributed by atoms with Crippen LogP contribution >= 0.6 is 0 Å². The maximum atomic E-state index is 11.2. The topological polar surface area (TPSA) is 62.1 Å². The second kappa shape index (κ2) is 8.52. The van der Waals surface area contributed by atoms with Crippen molar-refractivity contribution < 1.29 is 9.53 Å². The van der Waals surface area contributed by atoms with Gasteiger partial charge >= 0.3 is 5.97 Å². The van der Waals surface area contributed by atoms with Gasteiger partial charge < -0.3 is 10.1 Å². The summed E-state index contributed by atoms with van der Waals surface area (Å²) < 4.78 is 4.77. The minimum absolute atomic E-state index is 0.341. The van der Waals surface area contributed by atoms with Crippen LogP contribution in [0.3, 0.4) is 0 Å². The summed E-state index contributed by atoms with van der Waals surface area (Å²) in [6, 6.07) is 1.97. The first-order valence-corrected chi connectivity index (χ1v) is 4.97. The molecule has 0 aliphatic heterocycles. The molecule has 0 fully saturated rings. The van der Waals surface area contributed by atoms with Crippen molar-refractivity contribution in [3.05, 3.63) is 0 Å². The third kappa shape index (κ3) is 5.55. The summed E-state index contributed by atoms with van der Waals surface area (Å²) in [6.45, 7) is 3.00. The van der Waals surface area contributed by atoms with Gasteiger partial charge in [0, 0.05) is 0 Å². The molecule has 0 amide bonds. The lowest BCUT2D eigenvalue weighted by Crippen LogP contribution is -2.16. The van der Waals surface area contributed by atoms with Gasteiger partial charge in [0.15, 0.2) is 0 Å². The highest BCUT2D eigenvalue weighted by Gasteiger charge is 2.17. The maximum absolute atomic E-state index is 11.2. The van der Waals surface area contributed by atoms with Gasteiger partial charge in [-0.2, -0.15) is 5.26 Å². The first kappa shape index (κ1) is 12.9. The molecular weight excluding hydrogens is 180 g/mol. The van der Waals surface area contributed by atoms with E-state index >= 15 is 0 Å². The molecule has 0 saturated heterocycles. The number of carbonyl (C=O) groups excluding carboxylic acids is 1. The Bertz CT molecular complexity index is 199. The number of hydrogen-bond donors (Lipinski definition) is 1. The van der Waals surface area contributed by atoms with Crippen molar-refractivity contribution in [3.63, 3.8) is 0 Å². The Hall–Kier alpha value is -1.08. The summed E-state index contributed by atoms with van der Waals surface area (Å²) in [5.41, 5.74) is 0. The average molecular weight is 198 g/mol. The number of hydrogen-bond acceptors (Lipinski definition) is 4. The lowest BCUT2D eigenvalue weighted by Gasteiger charge is -2.07. The van der Waals surface area contributed by atoms with Crippen LogP contribution in [0.15, 0.2) is 0 Å². The third-order valence-corrected chi connectivity index (χ3v) is 1.90. The minimum Gasteiger partial charge on any atom is -0.465 e. The molecule has 0 aliphatic carbocycles. The monoisotopic (exact) mass is 198 g/mol. The molecule has 0 bridgehead atoms. The molecule has 1 unspecified atom stereocenters. The molecule has 0 rings (SSSR count). The number of esters is 1. The summed E-state index contributed by atoms with van der Waals surface area (Å²) in [4.78, 5) is 11.2. The highest BCUT2D eigenvalue weighted by molar-refractivity contribution is 5.75. The fraction of sp³-hybridized carbons (Fsp3) is 0.800. The molecule has 0 saturated carbocycles. The average Bonchev–Trinajstić information content (AvgIpc) is 2.18. The predicted octanol–water partition coefficient (Wildman–Crippen LogP) is 1.08. The van der Waals surface area contributed by atoms with Crippen molar-refractivity contribution in [1.82, 2.24) is 5.32 Å². The Labute approximate surface area is 85.2 Å². The highest BCUT2D eigenvalue weighted by atomic mass is 16.5. The van der Waals surface area contributed by atoms with Gasteiger partial charge in [-0.3, -0.25) is 4.79 Å². The van der Waals surface area contributed by atoms with Gasteiger partial charge in [-0.05, 0) is 33.4 Å². The lowest BCUT2D eigenvalue weighted by molar-refractivity contribution is -0.146. The molecule has 0 aromatic carbocycles. The standard InChI is InChI=1S/C10H18N2O2/c1-3-14-10(13)9(8-11)6-4-5-7-12-2/h9,12H,3-7H2,1-2H3. The number of nitriles is 1. The van der Waals surface area contributed by atoms with Crippen LogP contribution in [0, 0.1) is 17.2 Å². The van der Waals surface area contributed by atoms with Crippen LogP contribution in [0.1, 0.15) is 26.2 Å². The zero-order valence-corrected chi connectivity index (χ0v) is 8.88. The molecule has 4 heteroatoms. The van der Waals surface area contributed by atoms with Crippen molar-refractivity contribution in [1.29, 1.82) is 5.26 Å². The predicted molar refractivity (Wildman–Crippen MR) is 53.5 cm³/mol. The van der Waals surface area contributed by atoms with Crippen molar-refractivity contribution in [2.24, 2.45) is 5.92 Å². The summed E-state index contributed by atoms with van der Waals surface area (Å²) in [6.07, 6.45) is 2.45. The zero-order valence-electron chi connectivity index (χ0n) is 8.88. The largest absolute Gasteiger partial charge is 0.465 e. The molecule has 0 aromatic rings. The van der Waals surface area contributed by atoms with Crippen molar-refractivity contribution >= 4 is 5.97 Å². The Kier molecular flexibility index (Phi) is 7.86. The number of ether oxygens (including phenoxy) is 1. The molecule has 80 valence electrons. The van der Waals surface area contributed by atoms with Gasteiger partial charge in [0.2, 0.25) is 0 Å². The second-order valence-corrected chi connectivity index (χ2v) is 3.03. The molecule has 0 aliphatic rings. The zero-order chi connectivity index (χ0) is 10.8. The van der Waals surface area contributed by atoms with Gasteiger partial charge in [-0.1, -0.05) is 6.42 Å². The fourth-order valence-electron chi connectivity index (χ4n) is 1.13. The summed E-state index contributed by atoms with van der Waals surface area (Å²) in [5, 5.41) is 11.7. The van der Waals surface area contributed by atoms with Crippen LogP contribution in [0.25, 0.3) is 0 Å². The molecule has 0 spiro atoms. The Morgan fingerprint density at radius 3 is 2.79 bits per heavy atom. The third-order valence-electron chi connectivity index (χ3n) is 1.90. The van der Waals surface area contributed by atoms with E-state index in [9.17, 15) is 4.79 Å². The van der Waals surface area contributed by atoms with Crippen LogP contribution in [0.4, 0.5) is 0 Å². The van der Waals surface area contributed by atoms with Crippen LogP contribution in [0.5, 0.6) is 0 Å². The molecule has 0 radical (unpaired) electrons. The molecule has 0 heterocycles. The first-order chi connectivity index (χ1) is 6.76. The van der Waals surface area contributed by atoms with E-state index in [2.05, 4.69) is 5.32 Å². The van der Waals surface area contributed by atoms with Gasteiger partial charge in [0.05, 0.1) is 12.7 Å². The smallest absolute Gasteiger partial charge is 0.323 e. The van der Waals surface area contributed by atoms with Crippen LogP contribution in [0.2, 0.25) is 0 Å². The van der Waals surface area contributed by atoms with Gasteiger partial charge in [0.1, 0.15) is 5.92 Å². The van der Waals surface area contributed by atoms with Crippen LogP contribution in [-0.4, -0.2) is 26.2 Å². The lowest BCUT2D eigenvalue weighted by atomic mass is 10.0. The highest BCUT2D eigenvalue weighted by Crippen LogP contribution is 2.09. The van der Waals surface area contributed by atoms with Crippen molar-refractivity contribution in [2.45, 2.75) is 26.2 Å². The van der Waals surface area contributed by atoms with Crippen LogP contribution in [-0.2, 0) is 9.53 Å². The molecule has 1 N–H and O–H groups in total. The summed E-state index contributed by atoms with van der Waals surface area (Å²) >= 11 is 0. The SMILES string of the molecule is CCOC(=O)C(C#N)CCCCNC. The Morgan fingerprint density at radius 1 is 1.57 bits per heavy atom. The van der Waals surface area contributed by atoms with E-state index in [1.165, 1.54) is 0 Å². The van der Waals surface area contributed by atoms with Crippen molar-refractivity contribution in [2.75, 3.05) is 20.2 Å². The normalized spacial score (nSPS) is 11.8. The Balaban J connectivity index is 3.69. The number of nitrogens with one attached hydrogen (secondary N) is 1. The number of nitrogens with zero attached hydrogens (tertiary/aromatic N) is 1. The van der Waals surface area contributed by atoms with Gasteiger partial charge in [-0.15, -0.1) is 0 Å². The Morgan fingerprint density at radius 2 is 2.29 bits per heavy atom. The number of carbonyl (C=O) groups is 1. The van der Waals surface area contributed by atoms with Gasteiger partial charge in [0.25, 0.3) is 0 Å². The molecule has 4 nitrogen and oxygen atoms in total. The van der Waals surface area contributed by atoms with E-state index in [0.29, 0.717) is 13.0 Å². The molecule has 1 atom stereocenters. The fourth-order valence-corrected chi connectivity index (χ4v) is 1.13.